The summed E-state index contributed by atoms with van der Waals surface area (Å²) >= 11 is 5.97. The number of rotatable bonds is 3. The molecule has 0 aliphatic rings. The van der Waals surface area contributed by atoms with E-state index in [1.165, 1.54) is 6.20 Å². The van der Waals surface area contributed by atoms with E-state index in [2.05, 4.69) is 14.9 Å². The van der Waals surface area contributed by atoms with Crippen LogP contribution in [-0.2, 0) is 0 Å². The molecule has 0 radical (unpaired) electrons. The summed E-state index contributed by atoms with van der Waals surface area (Å²) in [7, 11) is 0. The summed E-state index contributed by atoms with van der Waals surface area (Å²) in [6.45, 7) is 0. The van der Waals surface area contributed by atoms with Crippen LogP contribution in [0, 0.1) is 0 Å². The minimum absolute atomic E-state index is 0.242. The highest BCUT2D eigenvalue weighted by molar-refractivity contribution is 7.80. The molecular weight excluding hydrogens is 256 g/mol. The standard InChI is InChI=1S/C10H8N4OS2/c11-9(16)6-2-1-3-7(4-6)10(15)13-8-5-12-14-17-8/h1-5H,(H2,11,16)(H,13,15). The predicted molar refractivity (Wildman–Crippen MR) is 70.2 cm³/mol. The maximum atomic E-state index is 11.8. The molecule has 7 heteroatoms. The Balaban J connectivity index is 2.19. The Kier molecular flexibility index (Phi) is 3.40. The lowest BCUT2D eigenvalue weighted by Crippen LogP contribution is -2.14. The Morgan fingerprint density at radius 1 is 1.41 bits per heavy atom. The molecule has 0 aliphatic carbocycles. The minimum Gasteiger partial charge on any atom is -0.389 e. The number of nitrogens with two attached hydrogens (primary N) is 1. The van der Waals surface area contributed by atoms with Gasteiger partial charge in [0.1, 0.15) is 9.99 Å². The molecule has 0 bridgehead atoms. The molecule has 0 saturated heterocycles. The second-order valence-electron chi connectivity index (χ2n) is 3.18. The van der Waals surface area contributed by atoms with E-state index in [1.807, 2.05) is 0 Å². The molecule has 0 saturated carbocycles. The monoisotopic (exact) mass is 264 g/mol. The van der Waals surface area contributed by atoms with Crippen LogP contribution in [0.2, 0.25) is 0 Å². The van der Waals surface area contributed by atoms with E-state index < -0.39 is 0 Å². The van der Waals surface area contributed by atoms with Gasteiger partial charge in [-0.2, -0.15) is 0 Å². The third kappa shape index (κ3) is 2.83. The molecule has 0 atom stereocenters. The van der Waals surface area contributed by atoms with Crippen LogP contribution in [0.4, 0.5) is 5.00 Å². The summed E-state index contributed by atoms with van der Waals surface area (Å²) in [5.74, 6) is -0.242. The summed E-state index contributed by atoms with van der Waals surface area (Å²) < 4.78 is 3.65. The van der Waals surface area contributed by atoms with E-state index in [1.54, 1.807) is 24.3 Å². The summed E-state index contributed by atoms with van der Waals surface area (Å²) in [5, 5.41) is 6.90. The topological polar surface area (TPSA) is 80.9 Å². The molecule has 2 rings (SSSR count). The lowest BCUT2D eigenvalue weighted by atomic mass is 10.1. The first-order valence-electron chi connectivity index (χ1n) is 4.65. The number of aromatic nitrogens is 2. The third-order valence-corrected chi connectivity index (χ3v) is 2.82. The van der Waals surface area contributed by atoms with Gasteiger partial charge in [-0.1, -0.05) is 28.8 Å². The van der Waals surface area contributed by atoms with Gasteiger partial charge in [-0.05, 0) is 12.1 Å². The second-order valence-corrected chi connectivity index (χ2v) is 4.41. The molecule has 5 nitrogen and oxygen atoms in total. The number of nitrogens with zero attached hydrogens (tertiary/aromatic N) is 2. The van der Waals surface area contributed by atoms with Crippen LogP contribution in [-0.4, -0.2) is 20.5 Å². The molecule has 1 amide bonds. The molecular formula is C10H8N4OS2. The van der Waals surface area contributed by atoms with Crippen molar-refractivity contribution in [2.24, 2.45) is 5.73 Å². The molecule has 1 aromatic heterocycles. The first kappa shape index (κ1) is 11.6. The van der Waals surface area contributed by atoms with Crippen LogP contribution >= 0.6 is 23.8 Å². The predicted octanol–water partition coefficient (Wildman–Crippen LogP) is 1.42. The van der Waals surface area contributed by atoms with E-state index in [0.29, 0.717) is 16.1 Å². The van der Waals surface area contributed by atoms with Crippen molar-refractivity contribution in [1.29, 1.82) is 0 Å². The number of hydrogen-bond acceptors (Lipinski definition) is 5. The average molecular weight is 264 g/mol. The smallest absolute Gasteiger partial charge is 0.256 e. The molecule has 1 heterocycles. The van der Waals surface area contributed by atoms with Crippen molar-refractivity contribution in [3.05, 3.63) is 41.6 Å². The minimum atomic E-state index is -0.242. The Labute approximate surface area is 107 Å². The maximum Gasteiger partial charge on any atom is 0.256 e. The van der Waals surface area contributed by atoms with Crippen LogP contribution < -0.4 is 11.1 Å². The molecule has 0 fully saturated rings. The van der Waals surface area contributed by atoms with Crippen LogP contribution in [0.5, 0.6) is 0 Å². The van der Waals surface area contributed by atoms with Crippen molar-refractivity contribution < 1.29 is 4.79 Å². The number of carbonyl (C=O) groups is 1. The number of amides is 1. The van der Waals surface area contributed by atoms with Gasteiger partial charge in [0, 0.05) is 22.7 Å². The lowest BCUT2D eigenvalue weighted by Gasteiger charge is -2.03. The molecule has 86 valence electrons. The van der Waals surface area contributed by atoms with Gasteiger partial charge in [-0.15, -0.1) is 5.10 Å². The van der Waals surface area contributed by atoms with Crippen molar-refractivity contribution in [3.8, 4) is 0 Å². The summed E-state index contributed by atoms with van der Waals surface area (Å²) in [6, 6.07) is 6.82. The van der Waals surface area contributed by atoms with Gasteiger partial charge in [-0.25, -0.2) is 0 Å². The highest BCUT2D eigenvalue weighted by Gasteiger charge is 2.08. The zero-order valence-electron chi connectivity index (χ0n) is 8.58. The molecule has 2 aromatic rings. The van der Waals surface area contributed by atoms with E-state index in [4.69, 9.17) is 18.0 Å². The molecule has 0 unspecified atom stereocenters. The van der Waals surface area contributed by atoms with E-state index >= 15 is 0 Å². The summed E-state index contributed by atoms with van der Waals surface area (Å²) in [5.41, 5.74) is 6.65. The molecule has 17 heavy (non-hydrogen) atoms. The summed E-state index contributed by atoms with van der Waals surface area (Å²) in [6.07, 6.45) is 1.49. The van der Waals surface area contributed by atoms with Gasteiger partial charge < -0.3 is 11.1 Å². The van der Waals surface area contributed by atoms with Crippen molar-refractivity contribution >= 4 is 39.6 Å². The maximum absolute atomic E-state index is 11.8. The number of benzene rings is 1. The van der Waals surface area contributed by atoms with Gasteiger partial charge >= 0.3 is 0 Å². The molecule has 3 N–H and O–H groups in total. The van der Waals surface area contributed by atoms with Gasteiger partial charge in [0.05, 0.1) is 6.20 Å². The highest BCUT2D eigenvalue weighted by atomic mass is 32.1. The number of thiocarbonyl (C=S) groups is 1. The van der Waals surface area contributed by atoms with Crippen molar-refractivity contribution in [1.82, 2.24) is 9.59 Å². The Hall–Kier alpha value is -1.86. The first-order chi connectivity index (χ1) is 8.16. The molecule has 1 aromatic carbocycles. The van der Waals surface area contributed by atoms with E-state index in [0.717, 1.165) is 11.5 Å². The van der Waals surface area contributed by atoms with Crippen LogP contribution in [0.1, 0.15) is 15.9 Å². The van der Waals surface area contributed by atoms with Crippen LogP contribution in [0.15, 0.2) is 30.5 Å². The molecule has 0 spiro atoms. The second kappa shape index (κ2) is 4.98. The van der Waals surface area contributed by atoms with Crippen molar-refractivity contribution in [2.45, 2.75) is 0 Å². The Morgan fingerprint density at radius 3 is 2.82 bits per heavy atom. The SMILES string of the molecule is NC(=S)c1cccc(C(=O)Nc2cnns2)c1. The Bertz CT molecular complexity index is 553. The average Bonchev–Trinajstić information content (AvgIpc) is 2.82. The fraction of sp³-hybridized carbons (Fsp3) is 0. The van der Waals surface area contributed by atoms with E-state index in [-0.39, 0.29) is 10.9 Å². The number of anilines is 1. The largest absolute Gasteiger partial charge is 0.389 e. The van der Waals surface area contributed by atoms with Crippen molar-refractivity contribution in [2.75, 3.05) is 5.32 Å². The first-order valence-corrected chi connectivity index (χ1v) is 5.83. The Morgan fingerprint density at radius 2 is 2.18 bits per heavy atom. The normalized spacial score (nSPS) is 9.88. The fourth-order valence-corrected chi connectivity index (χ4v) is 1.76. The zero-order valence-corrected chi connectivity index (χ0v) is 10.2. The zero-order chi connectivity index (χ0) is 12.3. The third-order valence-electron chi connectivity index (χ3n) is 2.01. The van der Waals surface area contributed by atoms with Gasteiger partial charge in [0.25, 0.3) is 5.91 Å². The van der Waals surface area contributed by atoms with Gasteiger partial charge in [-0.3, -0.25) is 4.79 Å². The number of hydrogen-bond donors (Lipinski definition) is 2. The quantitative estimate of drug-likeness (QED) is 0.820. The molecule has 0 aliphatic heterocycles. The van der Waals surface area contributed by atoms with Crippen LogP contribution in [0.25, 0.3) is 0 Å². The summed E-state index contributed by atoms with van der Waals surface area (Å²) in [4.78, 5) is 12.1. The number of carbonyl (C=O) groups excluding carboxylic acids is 1. The highest BCUT2D eigenvalue weighted by Crippen LogP contribution is 2.12. The van der Waals surface area contributed by atoms with E-state index in [9.17, 15) is 4.79 Å². The van der Waals surface area contributed by atoms with Crippen LogP contribution in [0.3, 0.4) is 0 Å². The fourth-order valence-electron chi connectivity index (χ4n) is 1.22. The van der Waals surface area contributed by atoms with Gasteiger partial charge in [0.2, 0.25) is 0 Å². The van der Waals surface area contributed by atoms with Gasteiger partial charge in [0.15, 0.2) is 0 Å². The number of nitrogens with one attached hydrogen (secondary N) is 1. The van der Waals surface area contributed by atoms with Crippen molar-refractivity contribution in [3.63, 3.8) is 0 Å². The lowest BCUT2D eigenvalue weighted by molar-refractivity contribution is 0.102.